The molecule has 0 aromatic rings. The van der Waals surface area contributed by atoms with E-state index in [4.69, 9.17) is 20.4 Å². The highest BCUT2D eigenvalue weighted by atomic mass is 16.6. The zero-order valence-electron chi connectivity index (χ0n) is 5.27. The molecule has 5 heteroatoms. The van der Waals surface area contributed by atoms with E-state index >= 15 is 0 Å². The SMILES string of the molecule is OC[C@@]1(O)CO[C@@H](O)[C@@H]1O. The Morgan fingerprint density at radius 3 is 2.30 bits per heavy atom. The summed E-state index contributed by atoms with van der Waals surface area (Å²) in [6.45, 7) is -0.864. The van der Waals surface area contributed by atoms with Gasteiger partial charge >= 0.3 is 0 Å². The van der Waals surface area contributed by atoms with Crippen molar-refractivity contribution in [1.29, 1.82) is 0 Å². The summed E-state index contributed by atoms with van der Waals surface area (Å²) in [5.41, 5.74) is -1.70. The van der Waals surface area contributed by atoms with Crippen LogP contribution in [0.5, 0.6) is 0 Å². The van der Waals surface area contributed by atoms with Crippen molar-refractivity contribution in [3.05, 3.63) is 0 Å². The van der Waals surface area contributed by atoms with Gasteiger partial charge in [-0.1, -0.05) is 0 Å². The number of aliphatic hydroxyl groups excluding tert-OH is 3. The van der Waals surface area contributed by atoms with Crippen LogP contribution >= 0.6 is 0 Å². The molecule has 0 aromatic heterocycles. The lowest BCUT2D eigenvalue weighted by Crippen LogP contribution is -2.46. The van der Waals surface area contributed by atoms with Crippen LogP contribution in [0.3, 0.4) is 0 Å². The summed E-state index contributed by atoms with van der Waals surface area (Å²) in [7, 11) is 0. The molecule has 1 rings (SSSR count). The standard InChI is InChI=1S/C5H10O5/c6-1-5(9)2-10-4(8)3(5)7/h3-4,6-9H,1-2H2/t3-,4+,5+/m0/s1. The Bertz CT molecular complexity index is 127. The number of rotatable bonds is 1. The molecule has 4 N–H and O–H groups in total. The normalized spacial score (nSPS) is 48.0. The predicted molar refractivity (Wildman–Crippen MR) is 30.0 cm³/mol. The molecule has 0 radical (unpaired) electrons. The fraction of sp³-hybridized carbons (Fsp3) is 1.00. The van der Waals surface area contributed by atoms with Gasteiger partial charge in [-0.3, -0.25) is 0 Å². The molecule has 0 spiro atoms. The zero-order valence-corrected chi connectivity index (χ0v) is 5.27. The summed E-state index contributed by atoms with van der Waals surface area (Å²) in [6.07, 6.45) is -2.81. The Hall–Kier alpha value is -0.200. The monoisotopic (exact) mass is 150 g/mol. The van der Waals surface area contributed by atoms with E-state index in [0.717, 1.165) is 0 Å². The maximum Gasteiger partial charge on any atom is 0.184 e. The van der Waals surface area contributed by atoms with Crippen LogP contribution in [-0.4, -0.2) is 51.6 Å². The molecule has 3 atom stereocenters. The van der Waals surface area contributed by atoms with Crippen molar-refractivity contribution < 1.29 is 25.2 Å². The van der Waals surface area contributed by atoms with Crippen molar-refractivity contribution >= 4 is 0 Å². The lowest BCUT2D eigenvalue weighted by Gasteiger charge is -2.21. The minimum atomic E-state index is -1.70. The molecule has 0 unspecified atom stereocenters. The summed E-state index contributed by atoms with van der Waals surface area (Å²) in [6, 6.07) is 0. The van der Waals surface area contributed by atoms with Gasteiger partial charge in [-0.15, -0.1) is 0 Å². The molecule has 1 heterocycles. The van der Waals surface area contributed by atoms with E-state index in [1.807, 2.05) is 0 Å². The molecular weight excluding hydrogens is 140 g/mol. The van der Waals surface area contributed by atoms with Gasteiger partial charge in [0, 0.05) is 0 Å². The Labute approximate surface area is 57.5 Å². The van der Waals surface area contributed by atoms with Crippen LogP contribution in [0.4, 0.5) is 0 Å². The zero-order chi connectivity index (χ0) is 7.78. The van der Waals surface area contributed by atoms with Crippen LogP contribution in [0.25, 0.3) is 0 Å². The average molecular weight is 150 g/mol. The number of hydrogen-bond donors (Lipinski definition) is 4. The van der Waals surface area contributed by atoms with Crippen LogP contribution in [0.15, 0.2) is 0 Å². The smallest absolute Gasteiger partial charge is 0.184 e. The quantitative estimate of drug-likeness (QED) is 0.329. The maximum absolute atomic E-state index is 9.15. The van der Waals surface area contributed by atoms with Crippen molar-refractivity contribution in [2.45, 2.75) is 18.0 Å². The first kappa shape index (κ1) is 7.90. The van der Waals surface area contributed by atoms with E-state index in [2.05, 4.69) is 4.74 Å². The van der Waals surface area contributed by atoms with Crippen molar-refractivity contribution in [2.24, 2.45) is 0 Å². The van der Waals surface area contributed by atoms with Crippen molar-refractivity contribution in [2.75, 3.05) is 13.2 Å². The lowest BCUT2D eigenvalue weighted by atomic mass is 10.0. The molecule has 1 saturated heterocycles. The van der Waals surface area contributed by atoms with Gasteiger partial charge in [-0.25, -0.2) is 0 Å². The highest BCUT2D eigenvalue weighted by Gasteiger charge is 2.46. The highest BCUT2D eigenvalue weighted by Crippen LogP contribution is 2.22. The van der Waals surface area contributed by atoms with Gasteiger partial charge in [-0.05, 0) is 0 Å². The Morgan fingerprint density at radius 2 is 2.10 bits per heavy atom. The molecule has 0 aromatic carbocycles. The van der Waals surface area contributed by atoms with E-state index in [9.17, 15) is 0 Å². The first-order valence-electron chi connectivity index (χ1n) is 2.91. The van der Waals surface area contributed by atoms with Gasteiger partial charge in [0.15, 0.2) is 6.29 Å². The van der Waals surface area contributed by atoms with E-state index in [-0.39, 0.29) is 6.61 Å². The van der Waals surface area contributed by atoms with E-state index in [1.165, 1.54) is 0 Å². The number of aliphatic hydroxyl groups is 4. The topological polar surface area (TPSA) is 90.2 Å². The van der Waals surface area contributed by atoms with Gasteiger partial charge in [0.2, 0.25) is 0 Å². The Morgan fingerprint density at radius 1 is 1.50 bits per heavy atom. The fourth-order valence-corrected chi connectivity index (χ4v) is 0.811. The molecule has 0 aliphatic carbocycles. The van der Waals surface area contributed by atoms with Crippen LogP contribution in [0.2, 0.25) is 0 Å². The van der Waals surface area contributed by atoms with Crippen molar-refractivity contribution in [1.82, 2.24) is 0 Å². The summed E-state index contributed by atoms with van der Waals surface area (Å²) >= 11 is 0. The lowest BCUT2D eigenvalue weighted by molar-refractivity contribution is -0.128. The Kier molecular flexibility index (Phi) is 1.93. The second kappa shape index (κ2) is 2.44. The Balaban J connectivity index is 2.64. The first-order chi connectivity index (χ1) is 4.60. The van der Waals surface area contributed by atoms with Gasteiger partial charge in [-0.2, -0.15) is 0 Å². The molecule has 1 aliphatic heterocycles. The molecule has 0 bridgehead atoms. The van der Waals surface area contributed by atoms with Crippen LogP contribution in [0.1, 0.15) is 0 Å². The third-order valence-electron chi connectivity index (χ3n) is 1.60. The van der Waals surface area contributed by atoms with Crippen LogP contribution in [-0.2, 0) is 4.74 Å². The molecular formula is C5H10O5. The molecule has 60 valence electrons. The van der Waals surface area contributed by atoms with Gasteiger partial charge in [0.05, 0.1) is 13.2 Å². The van der Waals surface area contributed by atoms with Crippen molar-refractivity contribution in [3.8, 4) is 0 Å². The fourth-order valence-electron chi connectivity index (χ4n) is 0.811. The molecule has 0 saturated carbocycles. The summed E-state index contributed by atoms with van der Waals surface area (Å²) in [5.74, 6) is 0. The molecule has 10 heavy (non-hydrogen) atoms. The minimum Gasteiger partial charge on any atom is -0.393 e. The van der Waals surface area contributed by atoms with Gasteiger partial charge in [0.1, 0.15) is 11.7 Å². The third kappa shape index (κ3) is 1.02. The average Bonchev–Trinajstić information content (AvgIpc) is 2.19. The summed E-state index contributed by atoms with van der Waals surface area (Å²) in [5, 5.41) is 35.3. The summed E-state index contributed by atoms with van der Waals surface area (Å²) < 4.78 is 4.47. The minimum absolute atomic E-state index is 0.244. The van der Waals surface area contributed by atoms with Crippen LogP contribution < -0.4 is 0 Å². The highest BCUT2D eigenvalue weighted by molar-refractivity contribution is 4.92. The maximum atomic E-state index is 9.15. The molecule has 1 aliphatic rings. The second-order valence-electron chi connectivity index (χ2n) is 2.41. The van der Waals surface area contributed by atoms with E-state index in [1.54, 1.807) is 0 Å². The first-order valence-corrected chi connectivity index (χ1v) is 2.91. The van der Waals surface area contributed by atoms with Gasteiger partial charge in [0.25, 0.3) is 0 Å². The number of hydrogen-bond acceptors (Lipinski definition) is 5. The number of ether oxygens (including phenoxy) is 1. The third-order valence-corrected chi connectivity index (χ3v) is 1.60. The summed E-state index contributed by atoms with van der Waals surface area (Å²) in [4.78, 5) is 0. The molecule has 5 nitrogen and oxygen atoms in total. The van der Waals surface area contributed by atoms with Crippen molar-refractivity contribution in [3.63, 3.8) is 0 Å². The van der Waals surface area contributed by atoms with E-state index < -0.39 is 24.6 Å². The largest absolute Gasteiger partial charge is 0.393 e. The molecule has 0 amide bonds. The predicted octanol–water partition coefficient (Wildman–Crippen LogP) is -2.58. The molecule has 1 fully saturated rings. The van der Waals surface area contributed by atoms with E-state index in [0.29, 0.717) is 0 Å². The van der Waals surface area contributed by atoms with Crippen LogP contribution in [0, 0.1) is 0 Å². The second-order valence-corrected chi connectivity index (χ2v) is 2.41. The van der Waals surface area contributed by atoms with Gasteiger partial charge < -0.3 is 25.2 Å².